The average molecular weight is 451 g/mol. The predicted molar refractivity (Wildman–Crippen MR) is 122 cm³/mol. The van der Waals surface area contributed by atoms with Crippen LogP contribution in [0.3, 0.4) is 0 Å². The molecule has 4 saturated carbocycles. The van der Waals surface area contributed by atoms with Crippen LogP contribution in [0, 0.1) is 23.2 Å². The van der Waals surface area contributed by atoms with Crippen molar-refractivity contribution in [3.8, 4) is 0 Å². The van der Waals surface area contributed by atoms with Crippen LogP contribution in [0.5, 0.6) is 0 Å². The zero-order valence-electron chi connectivity index (χ0n) is 18.6. The fourth-order valence-electron chi connectivity index (χ4n) is 6.28. The highest BCUT2D eigenvalue weighted by Crippen LogP contribution is 2.60. The predicted octanol–water partition coefficient (Wildman–Crippen LogP) is 2.96. The van der Waals surface area contributed by atoms with Crippen LogP contribution in [0.15, 0.2) is 30.3 Å². The maximum Gasteiger partial charge on any atom is 0.308 e. The van der Waals surface area contributed by atoms with E-state index in [0.29, 0.717) is 17.8 Å². The van der Waals surface area contributed by atoms with Crippen molar-refractivity contribution in [3.05, 3.63) is 36.2 Å². The largest absolute Gasteiger partial charge is 0.457 e. The molecule has 9 nitrogen and oxygen atoms in total. The van der Waals surface area contributed by atoms with Crippen molar-refractivity contribution < 1.29 is 14.3 Å². The molecule has 4 fully saturated rings. The lowest BCUT2D eigenvalue weighted by atomic mass is 9.49. The Morgan fingerprint density at radius 2 is 1.67 bits per heavy atom. The summed E-state index contributed by atoms with van der Waals surface area (Å²) in [5.74, 6) is 2.41. The number of nitrogens with zero attached hydrogens (tertiary/aromatic N) is 3. The van der Waals surface area contributed by atoms with Gasteiger partial charge in [0.15, 0.2) is 12.4 Å². The first-order valence-electron chi connectivity index (χ1n) is 11.7. The number of amides is 1. The first-order valence-corrected chi connectivity index (χ1v) is 11.7. The second kappa shape index (κ2) is 8.96. The third-order valence-electron chi connectivity index (χ3n) is 7.23. The Bertz CT molecular complexity index is 993. The molecule has 1 aromatic heterocycles. The number of nitrogens with two attached hydrogens (primary N) is 1. The van der Waals surface area contributed by atoms with E-state index in [1.807, 2.05) is 30.3 Å². The first-order chi connectivity index (χ1) is 16.0. The molecule has 4 aliphatic rings. The van der Waals surface area contributed by atoms with Gasteiger partial charge in [0.2, 0.25) is 17.8 Å². The maximum atomic E-state index is 13.0. The summed E-state index contributed by atoms with van der Waals surface area (Å²) in [6.07, 6.45) is 7.02. The summed E-state index contributed by atoms with van der Waals surface area (Å²) in [5.41, 5.74) is 6.37. The zero-order valence-corrected chi connectivity index (χ0v) is 18.6. The summed E-state index contributed by atoms with van der Waals surface area (Å²) in [6, 6.07) is 9.42. The first kappa shape index (κ1) is 21.6. The Morgan fingerprint density at radius 3 is 2.33 bits per heavy atom. The fraction of sp³-hybridized carbons (Fsp3) is 0.542. The van der Waals surface area contributed by atoms with Gasteiger partial charge >= 0.3 is 5.97 Å². The number of benzene rings is 1. The highest BCUT2D eigenvalue weighted by atomic mass is 16.5. The molecule has 4 bridgehead atoms. The minimum atomic E-state index is -0.419. The topological polar surface area (TPSA) is 132 Å². The van der Waals surface area contributed by atoms with Gasteiger partial charge in [-0.2, -0.15) is 15.0 Å². The van der Waals surface area contributed by atoms with E-state index in [2.05, 4.69) is 25.6 Å². The van der Waals surface area contributed by atoms with E-state index in [0.717, 1.165) is 24.9 Å². The van der Waals surface area contributed by atoms with Crippen molar-refractivity contribution in [1.82, 2.24) is 20.3 Å². The second-order valence-electron chi connectivity index (χ2n) is 9.79. The Morgan fingerprint density at radius 1 is 1.00 bits per heavy atom. The number of hydrogen-bond donors (Lipinski definition) is 3. The number of nitrogen functional groups attached to an aromatic ring is 1. The molecule has 1 aromatic carbocycles. The van der Waals surface area contributed by atoms with Gasteiger partial charge in [0, 0.05) is 17.6 Å². The number of para-hydroxylation sites is 1. The van der Waals surface area contributed by atoms with Crippen LogP contribution >= 0.6 is 0 Å². The molecule has 9 heteroatoms. The molecular formula is C24H30N6O3. The summed E-state index contributed by atoms with van der Waals surface area (Å²) >= 11 is 0. The number of esters is 1. The highest BCUT2D eigenvalue weighted by Gasteiger charge is 2.54. The van der Waals surface area contributed by atoms with Gasteiger partial charge in [0.05, 0.1) is 6.42 Å². The van der Waals surface area contributed by atoms with E-state index in [1.165, 1.54) is 19.3 Å². The number of aromatic nitrogens is 3. The van der Waals surface area contributed by atoms with E-state index in [4.69, 9.17) is 10.5 Å². The summed E-state index contributed by atoms with van der Waals surface area (Å²) in [4.78, 5) is 37.5. The van der Waals surface area contributed by atoms with Crippen molar-refractivity contribution in [2.45, 2.75) is 51.6 Å². The molecule has 0 radical (unpaired) electrons. The van der Waals surface area contributed by atoms with Gasteiger partial charge in [0.25, 0.3) is 0 Å². The average Bonchev–Trinajstić information content (AvgIpc) is 2.77. The fourth-order valence-corrected chi connectivity index (χ4v) is 6.28. The molecule has 0 aliphatic heterocycles. The Hall–Kier alpha value is -3.23. The Labute approximate surface area is 192 Å². The normalized spacial score (nSPS) is 27.2. The number of carbonyl (C=O) groups is 2. The molecule has 0 spiro atoms. The Balaban J connectivity index is 1.09. The van der Waals surface area contributed by atoms with Crippen LogP contribution in [-0.2, 0) is 20.9 Å². The molecule has 33 heavy (non-hydrogen) atoms. The van der Waals surface area contributed by atoms with Crippen molar-refractivity contribution in [2.24, 2.45) is 23.2 Å². The molecule has 4 aliphatic carbocycles. The molecule has 2 aromatic rings. The number of rotatable bonds is 8. The number of nitrogens with one attached hydrogen (secondary N) is 2. The molecule has 4 N–H and O–H groups in total. The standard InChI is InChI=1S/C24H30N6O3/c25-22-28-19(29-23(30-22)27-18-4-2-1-3-5-18)14-33-20(31)6-7-26-21(32)24-11-15-8-16(12-24)10-17(9-15)13-24/h1-5,15-17H,6-14H2,(H,26,32)(H3,25,27,28,29,30). The van der Waals surface area contributed by atoms with E-state index < -0.39 is 5.97 Å². The SMILES string of the molecule is Nc1nc(COC(=O)CCNC(=O)C23CC4CC(CC(C4)C2)C3)nc(Nc2ccccc2)n1. The summed E-state index contributed by atoms with van der Waals surface area (Å²) < 4.78 is 5.29. The molecular weight excluding hydrogens is 420 g/mol. The van der Waals surface area contributed by atoms with Gasteiger partial charge in [-0.3, -0.25) is 9.59 Å². The van der Waals surface area contributed by atoms with Gasteiger partial charge in [0.1, 0.15) is 0 Å². The molecule has 1 amide bonds. The van der Waals surface area contributed by atoms with Crippen LogP contribution in [0.1, 0.15) is 50.8 Å². The molecule has 0 unspecified atom stereocenters. The van der Waals surface area contributed by atoms with Crippen LogP contribution < -0.4 is 16.4 Å². The van der Waals surface area contributed by atoms with Crippen molar-refractivity contribution >= 4 is 29.5 Å². The van der Waals surface area contributed by atoms with E-state index >= 15 is 0 Å². The summed E-state index contributed by atoms with van der Waals surface area (Å²) in [6.45, 7) is 0.164. The van der Waals surface area contributed by atoms with Gasteiger partial charge in [-0.05, 0) is 68.4 Å². The third kappa shape index (κ3) is 4.91. The smallest absolute Gasteiger partial charge is 0.308 e. The third-order valence-corrected chi connectivity index (χ3v) is 7.23. The monoisotopic (exact) mass is 450 g/mol. The summed E-state index contributed by atoms with van der Waals surface area (Å²) in [7, 11) is 0. The molecule has 6 rings (SSSR count). The van der Waals surface area contributed by atoms with E-state index in [9.17, 15) is 9.59 Å². The summed E-state index contributed by atoms with van der Waals surface area (Å²) in [5, 5.41) is 6.05. The van der Waals surface area contributed by atoms with Crippen molar-refractivity contribution in [3.63, 3.8) is 0 Å². The highest BCUT2D eigenvalue weighted by molar-refractivity contribution is 5.83. The molecule has 0 atom stereocenters. The van der Waals surface area contributed by atoms with Gasteiger partial charge < -0.3 is 21.1 Å². The zero-order chi connectivity index (χ0) is 22.8. The van der Waals surface area contributed by atoms with Crippen LogP contribution in [-0.4, -0.2) is 33.4 Å². The maximum absolute atomic E-state index is 13.0. The molecule has 0 saturated heterocycles. The lowest BCUT2D eigenvalue weighted by Crippen LogP contribution is -2.53. The van der Waals surface area contributed by atoms with Crippen LogP contribution in [0.25, 0.3) is 0 Å². The second-order valence-corrected chi connectivity index (χ2v) is 9.79. The number of ether oxygens (including phenoxy) is 1. The van der Waals surface area contributed by atoms with Crippen LogP contribution in [0.4, 0.5) is 17.6 Å². The van der Waals surface area contributed by atoms with Gasteiger partial charge in [-0.15, -0.1) is 0 Å². The van der Waals surface area contributed by atoms with Crippen LogP contribution in [0.2, 0.25) is 0 Å². The Kier molecular flexibility index (Phi) is 5.86. The van der Waals surface area contributed by atoms with Gasteiger partial charge in [-0.25, -0.2) is 0 Å². The number of anilines is 3. The number of hydrogen-bond acceptors (Lipinski definition) is 8. The van der Waals surface area contributed by atoms with E-state index in [1.54, 1.807) is 0 Å². The quantitative estimate of drug-likeness (QED) is 0.523. The molecule has 174 valence electrons. The lowest BCUT2D eigenvalue weighted by Gasteiger charge is -2.55. The van der Waals surface area contributed by atoms with Crippen molar-refractivity contribution in [2.75, 3.05) is 17.6 Å². The van der Waals surface area contributed by atoms with E-state index in [-0.39, 0.29) is 48.6 Å². The van der Waals surface area contributed by atoms with Gasteiger partial charge in [-0.1, -0.05) is 18.2 Å². The minimum Gasteiger partial charge on any atom is -0.457 e. The number of carbonyl (C=O) groups excluding carboxylic acids is 2. The molecule has 1 heterocycles. The minimum absolute atomic E-state index is 0.0392. The van der Waals surface area contributed by atoms with Crippen molar-refractivity contribution in [1.29, 1.82) is 0 Å². The lowest BCUT2D eigenvalue weighted by molar-refractivity contribution is -0.147.